The van der Waals surface area contributed by atoms with E-state index in [1.165, 1.54) is 11.1 Å². The van der Waals surface area contributed by atoms with Crippen LogP contribution in [0.15, 0.2) is 24.3 Å². The Morgan fingerprint density at radius 3 is 2.92 bits per heavy atom. The Kier molecular flexibility index (Phi) is 1.93. The SMILES string of the molecule is Cc1cccc([C@@H]2CNC(=O)N2)c1. The van der Waals surface area contributed by atoms with E-state index in [4.69, 9.17) is 0 Å². The van der Waals surface area contributed by atoms with Crippen LogP contribution in [0.2, 0.25) is 0 Å². The van der Waals surface area contributed by atoms with Gasteiger partial charge in [0.2, 0.25) is 0 Å². The third-order valence-electron chi connectivity index (χ3n) is 2.22. The zero-order valence-corrected chi connectivity index (χ0v) is 7.50. The number of rotatable bonds is 1. The van der Waals surface area contributed by atoms with E-state index in [1.54, 1.807) is 0 Å². The smallest absolute Gasteiger partial charge is 0.315 e. The van der Waals surface area contributed by atoms with E-state index in [2.05, 4.69) is 16.7 Å². The summed E-state index contributed by atoms with van der Waals surface area (Å²) in [5.41, 5.74) is 2.39. The van der Waals surface area contributed by atoms with Gasteiger partial charge in [-0.2, -0.15) is 0 Å². The lowest BCUT2D eigenvalue weighted by Gasteiger charge is -2.08. The van der Waals surface area contributed by atoms with Crippen molar-refractivity contribution in [1.82, 2.24) is 10.6 Å². The normalized spacial score (nSPS) is 21.0. The van der Waals surface area contributed by atoms with E-state index in [1.807, 2.05) is 25.1 Å². The fraction of sp³-hybridized carbons (Fsp3) is 0.300. The number of carbonyl (C=O) groups excluding carboxylic acids is 1. The fourth-order valence-corrected chi connectivity index (χ4v) is 1.54. The van der Waals surface area contributed by atoms with Crippen molar-refractivity contribution in [2.24, 2.45) is 0 Å². The van der Waals surface area contributed by atoms with Crippen molar-refractivity contribution in [2.45, 2.75) is 13.0 Å². The first kappa shape index (κ1) is 8.10. The summed E-state index contributed by atoms with van der Waals surface area (Å²) in [7, 11) is 0. The molecule has 3 heteroatoms. The van der Waals surface area contributed by atoms with E-state index in [-0.39, 0.29) is 12.1 Å². The lowest BCUT2D eigenvalue weighted by molar-refractivity contribution is 0.247. The van der Waals surface area contributed by atoms with Gasteiger partial charge in [-0.1, -0.05) is 29.8 Å². The molecule has 0 unspecified atom stereocenters. The maximum atomic E-state index is 10.9. The van der Waals surface area contributed by atoms with Gasteiger partial charge in [-0.15, -0.1) is 0 Å². The number of urea groups is 1. The first-order valence-electron chi connectivity index (χ1n) is 4.36. The van der Waals surface area contributed by atoms with Gasteiger partial charge in [0.1, 0.15) is 0 Å². The summed E-state index contributed by atoms with van der Waals surface area (Å²) in [6, 6.07) is 8.24. The number of hydrogen-bond donors (Lipinski definition) is 2. The second-order valence-corrected chi connectivity index (χ2v) is 3.32. The highest BCUT2D eigenvalue weighted by Crippen LogP contribution is 2.15. The molecule has 0 aliphatic carbocycles. The van der Waals surface area contributed by atoms with Crippen LogP contribution in [0, 0.1) is 6.92 Å². The monoisotopic (exact) mass is 176 g/mol. The Morgan fingerprint density at radius 2 is 2.31 bits per heavy atom. The first-order valence-corrected chi connectivity index (χ1v) is 4.36. The molecule has 1 aromatic rings. The summed E-state index contributed by atoms with van der Waals surface area (Å²) < 4.78 is 0. The molecule has 1 atom stereocenters. The van der Waals surface area contributed by atoms with E-state index >= 15 is 0 Å². The van der Waals surface area contributed by atoms with Crippen molar-refractivity contribution >= 4 is 6.03 Å². The third-order valence-corrected chi connectivity index (χ3v) is 2.22. The number of hydrogen-bond acceptors (Lipinski definition) is 1. The van der Waals surface area contributed by atoms with Crippen LogP contribution in [0.4, 0.5) is 4.79 Å². The average Bonchev–Trinajstić information content (AvgIpc) is 2.52. The van der Waals surface area contributed by atoms with Gasteiger partial charge in [0, 0.05) is 6.54 Å². The van der Waals surface area contributed by atoms with Crippen molar-refractivity contribution in [3.8, 4) is 0 Å². The van der Waals surface area contributed by atoms with E-state index in [0.717, 1.165) is 0 Å². The van der Waals surface area contributed by atoms with Crippen molar-refractivity contribution in [3.05, 3.63) is 35.4 Å². The second-order valence-electron chi connectivity index (χ2n) is 3.32. The lowest BCUT2D eigenvalue weighted by Crippen LogP contribution is -2.21. The number of benzene rings is 1. The van der Waals surface area contributed by atoms with Crippen molar-refractivity contribution in [2.75, 3.05) is 6.54 Å². The van der Waals surface area contributed by atoms with E-state index < -0.39 is 0 Å². The highest BCUT2D eigenvalue weighted by atomic mass is 16.2. The van der Waals surface area contributed by atoms with Crippen LogP contribution in [-0.4, -0.2) is 12.6 Å². The van der Waals surface area contributed by atoms with Crippen LogP contribution in [0.1, 0.15) is 17.2 Å². The van der Waals surface area contributed by atoms with Crippen molar-refractivity contribution < 1.29 is 4.79 Å². The number of carbonyl (C=O) groups is 1. The molecule has 3 nitrogen and oxygen atoms in total. The molecule has 1 saturated heterocycles. The van der Waals surface area contributed by atoms with Gasteiger partial charge < -0.3 is 10.6 Å². The standard InChI is InChI=1S/C10H12N2O/c1-7-3-2-4-8(5-7)9-6-11-10(13)12-9/h2-5,9H,6H2,1H3,(H2,11,12,13)/t9-/m0/s1. The highest BCUT2D eigenvalue weighted by molar-refractivity contribution is 5.76. The minimum absolute atomic E-state index is 0.0773. The number of amides is 2. The Hall–Kier alpha value is -1.51. The summed E-state index contributed by atoms with van der Waals surface area (Å²) in [6.07, 6.45) is 0. The van der Waals surface area contributed by atoms with Gasteiger partial charge >= 0.3 is 6.03 Å². The molecule has 0 spiro atoms. The molecule has 2 rings (SSSR count). The fourth-order valence-electron chi connectivity index (χ4n) is 1.54. The summed E-state index contributed by atoms with van der Waals surface area (Å²) in [4.78, 5) is 10.9. The van der Waals surface area contributed by atoms with Gasteiger partial charge in [0.05, 0.1) is 6.04 Å². The van der Waals surface area contributed by atoms with Crippen LogP contribution in [-0.2, 0) is 0 Å². The maximum absolute atomic E-state index is 10.9. The topological polar surface area (TPSA) is 41.1 Å². The first-order chi connectivity index (χ1) is 6.25. The molecule has 0 aromatic heterocycles. The van der Waals surface area contributed by atoms with Gasteiger partial charge in [0.15, 0.2) is 0 Å². The number of nitrogens with one attached hydrogen (secondary N) is 2. The van der Waals surface area contributed by atoms with Crippen LogP contribution in [0.5, 0.6) is 0 Å². The summed E-state index contributed by atoms with van der Waals surface area (Å²) in [6.45, 7) is 2.73. The number of aryl methyl sites for hydroxylation is 1. The Bertz CT molecular complexity index is 335. The molecule has 1 aromatic carbocycles. The Morgan fingerprint density at radius 1 is 1.46 bits per heavy atom. The molecule has 2 amide bonds. The average molecular weight is 176 g/mol. The molecular weight excluding hydrogens is 164 g/mol. The summed E-state index contributed by atoms with van der Waals surface area (Å²) >= 11 is 0. The molecule has 0 radical (unpaired) electrons. The van der Waals surface area contributed by atoms with Gasteiger partial charge in [-0.3, -0.25) is 0 Å². The predicted molar refractivity (Wildman–Crippen MR) is 50.5 cm³/mol. The molecule has 68 valence electrons. The van der Waals surface area contributed by atoms with Gasteiger partial charge in [0.25, 0.3) is 0 Å². The second kappa shape index (κ2) is 3.09. The quantitative estimate of drug-likeness (QED) is 0.666. The van der Waals surface area contributed by atoms with Crippen LogP contribution >= 0.6 is 0 Å². The minimum atomic E-state index is -0.0773. The minimum Gasteiger partial charge on any atom is -0.336 e. The Labute approximate surface area is 77.1 Å². The summed E-state index contributed by atoms with van der Waals surface area (Å²) in [5.74, 6) is 0. The van der Waals surface area contributed by atoms with Crippen LogP contribution in [0.25, 0.3) is 0 Å². The molecule has 1 aliphatic heterocycles. The van der Waals surface area contributed by atoms with Gasteiger partial charge in [-0.05, 0) is 12.5 Å². The maximum Gasteiger partial charge on any atom is 0.315 e. The molecule has 13 heavy (non-hydrogen) atoms. The van der Waals surface area contributed by atoms with E-state index in [0.29, 0.717) is 6.54 Å². The molecule has 1 aliphatic rings. The van der Waals surface area contributed by atoms with Crippen LogP contribution in [0.3, 0.4) is 0 Å². The largest absolute Gasteiger partial charge is 0.336 e. The molecule has 1 heterocycles. The molecule has 2 N–H and O–H groups in total. The van der Waals surface area contributed by atoms with Crippen molar-refractivity contribution in [1.29, 1.82) is 0 Å². The Balaban J connectivity index is 2.21. The predicted octanol–water partition coefficient (Wildman–Crippen LogP) is 1.35. The molecule has 0 saturated carbocycles. The van der Waals surface area contributed by atoms with Crippen molar-refractivity contribution in [3.63, 3.8) is 0 Å². The van der Waals surface area contributed by atoms with Gasteiger partial charge in [-0.25, -0.2) is 4.79 Å². The highest BCUT2D eigenvalue weighted by Gasteiger charge is 2.20. The lowest BCUT2D eigenvalue weighted by atomic mass is 10.1. The zero-order valence-electron chi connectivity index (χ0n) is 7.50. The van der Waals surface area contributed by atoms with Crippen LogP contribution < -0.4 is 10.6 Å². The third kappa shape index (κ3) is 1.64. The van der Waals surface area contributed by atoms with E-state index in [9.17, 15) is 4.79 Å². The summed E-state index contributed by atoms with van der Waals surface area (Å²) in [5, 5.41) is 5.58. The molecule has 1 fully saturated rings. The molecular formula is C10H12N2O. The zero-order chi connectivity index (χ0) is 9.26. The molecule has 0 bridgehead atoms.